The lowest BCUT2D eigenvalue weighted by Gasteiger charge is -2.28. The molecule has 0 saturated carbocycles. The van der Waals surface area contributed by atoms with Crippen LogP contribution in [0.1, 0.15) is 26.2 Å². The second-order valence-corrected chi connectivity index (χ2v) is 6.73. The number of anilines is 1. The van der Waals surface area contributed by atoms with Crippen molar-refractivity contribution in [1.29, 1.82) is 0 Å². The minimum absolute atomic E-state index is 0. The van der Waals surface area contributed by atoms with Gasteiger partial charge in [0.25, 0.3) is 0 Å². The summed E-state index contributed by atoms with van der Waals surface area (Å²) in [5, 5.41) is 6.51. The maximum absolute atomic E-state index is 12.5. The molecule has 3 rings (SSSR count). The maximum atomic E-state index is 12.5. The molecule has 25 heavy (non-hydrogen) atoms. The smallest absolute Gasteiger partial charge is 0.224 e. The summed E-state index contributed by atoms with van der Waals surface area (Å²) in [6.07, 6.45) is 2.94. The number of halogens is 1. The van der Waals surface area contributed by atoms with E-state index < -0.39 is 0 Å². The lowest BCUT2D eigenvalue weighted by Crippen LogP contribution is -2.32. The Morgan fingerprint density at radius 1 is 1.08 bits per heavy atom. The maximum Gasteiger partial charge on any atom is 0.224 e. The third-order valence-corrected chi connectivity index (χ3v) is 4.98. The molecule has 2 N–H and O–H groups in total. The van der Waals surface area contributed by atoms with Gasteiger partial charge < -0.3 is 10.6 Å². The number of piperidine rings is 1. The molecule has 3 nitrogen and oxygen atoms in total. The first-order valence-electron chi connectivity index (χ1n) is 8.89. The Kier molecular flexibility index (Phi) is 7.48. The Balaban J connectivity index is 0.00000225. The van der Waals surface area contributed by atoms with Crippen LogP contribution in [0.4, 0.5) is 5.69 Å². The highest BCUT2D eigenvalue weighted by Gasteiger charge is 2.22. The molecule has 0 spiro atoms. The molecule has 1 aliphatic heterocycles. The number of para-hydroxylation sites is 1. The van der Waals surface area contributed by atoms with Gasteiger partial charge in [-0.05, 0) is 49.4 Å². The Bertz CT molecular complexity index is 669. The molecule has 1 amide bonds. The van der Waals surface area contributed by atoms with Crippen molar-refractivity contribution in [1.82, 2.24) is 5.32 Å². The molecule has 1 aliphatic rings. The summed E-state index contributed by atoms with van der Waals surface area (Å²) in [5.41, 5.74) is 3.09. The van der Waals surface area contributed by atoms with Crippen molar-refractivity contribution in [3.8, 4) is 11.1 Å². The zero-order valence-corrected chi connectivity index (χ0v) is 15.5. The molecule has 0 radical (unpaired) electrons. The Morgan fingerprint density at radius 3 is 2.44 bits per heavy atom. The molecule has 2 aromatic carbocycles. The predicted molar refractivity (Wildman–Crippen MR) is 107 cm³/mol. The molecule has 1 heterocycles. The largest absolute Gasteiger partial charge is 0.326 e. The normalized spacial score (nSPS) is 15.9. The second kappa shape index (κ2) is 9.59. The summed E-state index contributed by atoms with van der Waals surface area (Å²) in [5.74, 6) is 1.20. The molecule has 1 fully saturated rings. The third kappa shape index (κ3) is 5.32. The topological polar surface area (TPSA) is 41.1 Å². The molecule has 0 aliphatic carbocycles. The van der Waals surface area contributed by atoms with Crippen LogP contribution in [-0.4, -0.2) is 19.0 Å². The molecule has 1 unspecified atom stereocenters. The van der Waals surface area contributed by atoms with Crippen LogP contribution in [0, 0.1) is 11.8 Å². The summed E-state index contributed by atoms with van der Waals surface area (Å²) in [4.78, 5) is 12.5. The van der Waals surface area contributed by atoms with Gasteiger partial charge in [0, 0.05) is 17.7 Å². The first kappa shape index (κ1) is 19.5. The number of carbonyl (C=O) groups excluding carboxylic acids is 1. The van der Waals surface area contributed by atoms with E-state index in [1.165, 1.54) is 12.8 Å². The highest BCUT2D eigenvalue weighted by atomic mass is 35.5. The number of benzene rings is 2. The standard InChI is InChI=1S/C21H26N2O.ClH/c1-16(17-11-13-22-14-12-17)15-21(24)23-20-10-6-5-9-19(20)18-7-3-2-4-8-18;/h2-10,16-17,22H,11-15H2,1H3,(H,23,24);1H. The van der Waals surface area contributed by atoms with E-state index in [1.54, 1.807) is 0 Å². The fourth-order valence-electron chi connectivity index (χ4n) is 3.54. The summed E-state index contributed by atoms with van der Waals surface area (Å²) in [6.45, 7) is 4.36. The van der Waals surface area contributed by atoms with Gasteiger partial charge in [0.15, 0.2) is 0 Å². The van der Waals surface area contributed by atoms with Crippen molar-refractivity contribution >= 4 is 24.0 Å². The van der Waals surface area contributed by atoms with Crippen molar-refractivity contribution in [2.24, 2.45) is 11.8 Å². The SMILES string of the molecule is CC(CC(=O)Nc1ccccc1-c1ccccc1)C1CCNCC1.Cl. The fourth-order valence-corrected chi connectivity index (χ4v) is 3.54. The lowest BCUT2D eigenvalue weighted by atomic mass is 9.84. The predicted octanol–water partition coefficient (Wildman–Crippen LogP) is 4.74. The van der Waals surface area contributed by atoms with Crippen LogP contribution in [-0.2, 0) is 4.79 Å². The van der Waals surface area contributed by atoms with Crippen molar-refractivity contribution in [3.63, 3.8) is 0 Å². The van der Waals surface area contributed by atoms with Crippen molar-refractivity contribution < 1.29 is 4.79 Å². The van der Waals surface area contributed by atoms with Gasteiger partial charge in [0.1, 0.15) is 0 Å². The average Bonchev–Trinajstić information content (AvgIpc) is 2.63. The van der Waals surface area contributed by atoms with E-state index in [4.69, 9.17) is 0 Å². The van der Waals surface area contributed by atoms with Gasteiger partial charge in [0.05, 0.1) is 0 Å². The highest BCUT2D eigenvalue weighted by molar-refractivity contribution is 5.95. The van der Waals surface area contributed by atoms with E-state index >= 15 is 0 Å². The van der Waals surface area contributed by atoms with Gasteiger partial charge in [-0.3, -0.25) is 4.79 Å². The van der Waals surface area contributed by atoms with Crippen molar-refractivity contribution in [2.45, 2.75) is 26.2 Å². The van der Waals surface area contributed by atoms with E-state index in [0.29, 0.717) is 18.3 Å². The van der Waals surface area contributed by atoms with Crippen molar-refractivity contribution in [2.75, 3.05) is 18.4 Å². The number of hydrogen-bond acceptors (Lipinski definition) is 2. The number of amides is 1. The van der Waals surface area contributed by atoms with Gasteiger partial charge >= 0.3 is 0 Å². The minimum Gasteiger partial charge on any atom is -0.326 e. The van der Waals surface area contributed by atoms with Crippen LogP contribution in [0.15, 0.2) is 54.6 Å². The van der Waals surface area contributed by atoms with Crippen LogP contribution in [0.25, 0.3) is 11.1 Å². The average molecular weight is 359 g/mol. The second-order valence-electron chi connectivity index (χ2n) is 6.73. The molecule has 1 atom stereocenters. The number of carbonyl (C=O) groups is 1. The third-order valence-electron chi connectivity index (χ3n) is 4.98. The van der Waals surface area contributed by atoms with Crippen LogP contribution >= 0.6 is 12.4 Å². The van der Waals surface area contributed by atoms with Crippen LogP contribution < -0.4 is 10.6 Å². The fraction of sp³-hybridized carbons (Fsp3) is 0.381. The summed E-state index contributed by atoms with van der Waals surface area (Å²) in [7, 11) is 0. The molecule has 0 bridgehead atoms. The summed E-state index contributed by atoms with van der Waals surface area (Å²) >= 11 is 0. The molecular formula is C21H27ClN2O. The van der Waals surface area contributed by atoms with Gasteiger partial charge in [-0.25, -0.2) is 0 Å². The number of nitrogens with one attached hydrogen (secondary N) is 2. The Labute approximate surface area is 156 Å². The van der Waals surface area contributed by atoms with E-state index in [-0.39, 0.29) is 18.3 Å². The van der Waals surface area contributed by atoms with E-state index in [9.17, 15) is 4.79 Å². The Hall–Kier alpha value is -1.84. The summed E-state index contributed by atoms with van der Waals surface area (Å²) in [6, 6.07) is 18.2. The van der Waals surface area contributed by atoms with Crippen molar-refractivity contribution in [3.05, 3.63) is 54.6 Å². The number of hydrogen-bond donors (Lipinski definition) is 2. The highest BCUT2D eigenvalue weighted by Crippen LogP contribution is 2.29. The van der Waals surface area contributed by atoms with Gasteiger partial charge in [-0.2, -0.15) is 0 Å². The van der Waals surface area contributed by atoms with Crippen LogP contribution in [0.3, 0.4) is 0 Å². The number of rotatable bonds is 5. The first-order chi connectivity index (χ1) is 11.7. The lowest BCUT2D eigenvalue weighted by molar-refractivity contribution is -0.117. The van der Waals surface area contributed by atoms with Crippen LogP contribution in [0.5, 0.6) is 0 Å². The summed E-state index contributed by atoms with van der Waals surface area (Å²) < 4.78 is 0. The van der Waals surface area contributed by atoms with E-state index in [0.717, 1.165) is 29.9 Å². The van der Waals surface area contributed by atoms with Crippen LogP contribution in [0.2, 0.25) is 0 Å². The van der Waals surface area contributed by atoms with Gasteiger partial charge in [-0.15, -0.1) is 12.4 Å². The zero-order chi connectivity index (χ0) is 16.8. The molecule has 134 valence electrons. The van der Waals surface area contributed by atoms with Gasteiger partial charge in [0.2, 0.25) is 5.91 Å². The van der Waals surface area contributed by atoms with Gasteiger partial charge in [-0.1, -0.05) is 55.5 Å². The monoisotopic (exact) mass is 358 g/mol. The molecule has 2 aromatic rings. The molecule has 1 saturated heterocycles. The molecule has 0 aromatic heterocycles. The molecular weight excluding hydrogens is 332 g/mol. The van der Waals surface area contributed by atoms with E-state index in [1.807, 2.05) is 36.4 Å². The first-order valence-corrected chi connectivity index (χ1v) is 8.89. The molecule has 4 heteroatoms. The van der Waals surface area contributed by atoms with E-state index in [2.05, 4.69) is 35.8 Å². The zero-order valence-electron chi connectivity index (χ0n) is 14.7. The minimum atomic E-state index is 0. The Morgan fingerprint density at radius 2 is 1.72 bits per heavy atom. The quantitative estimate of drug-likeness (QED) is 0.810.